The first kappa shape index (κ1) is 15.3. The van der Waals surface area contributed by atoms with E-state index in [1.54, 1.807) is 0 Å². The van der Waals surface area contributed by atoms with Gasteiger partial charge in [0.15, 0.2) is 0 Å². The van der Waals surface area contributed by atoms with Crippen LogP contribution in [-0.2, 0) is 4.79 Å². The Bertz CT molecular complexity index is 498. The molecule has 0 unspecified atom stereocenters. The lowest BCUT2D eigenvalue weighted by Gasteiger charge is -2.20. The van der Waals surface area contributed by atoms with Crippen LogP contribution in [0.15, 0.2) is 24.3 Å². The van der Waals surface area contributed by atoms with Gasteiger partial charge in [-0.2, -0.15) is 0 Å². The Kier molecular flexibility index (Phi) is 5.43. The largest absolute Gasteiger partial charge is 0.358 e. The summed E-state index contributed by atoms with van der Waals surface area (Å²) in [5.41, 5.74) is 1.98. The molecule has 1 aliphatic rings. The number of nitrogens with zero attached hydrogens (tertiary/aromatic N) is 1. The van der Waals surface area contributed by atoms with Gasteiger partial charge in [0.2, 0.25) is 5.91 Å². The van der Waals surface area contributed by atoms with Gasteiger partial charge < -0.3 is 10.2 Å². The molecule has 1 N–H and O–H groups in total. The molecule has 1 aromatic carbocycles. The summed E-state index contributed by atoms with van der Waals surface area (Å²) in [6.07, 6.45) is 2.40. The summed E-state index contributed by atoms with van der Waals surface area (Å²) in [7, 11) is 0. The number of anilines is 1. The van der Waals surface area contributed by atoms with Crippen molar-refractivity contribution in [3.05, 3.63) is 29.8 Å². The molecule has 1 aromatic rings. The van der Waals surface area contributed by atoms with E-state index < -0.39 is 0 Å². The first-order chi connectivity index (χ1) is 9.56. The maximum absolute atomic E-state index is 12.2. The summed E-state index contributed by atoms with van der Waals surface area (Å²) in [6.45, 7) is 5.96. The molecule has 1 saturated heterocycles. The summed E-state index contributed by atoms with van der Waals surface area (Å²) in [5.74, 6) is 0.00199. The summed E-state index contributed by atoms with van der Waals surface area (Å²) >= 11 is 6.88. The summed E-state index contributed by atoms with van der Waals surface area (Å²) < 4.78 is 0.842. The molecule has 5 heteroatoms. The van der Waals surface area contributed by atoms with Gasteiger partial charge in [0.1, 0.15) is 4.32 Å². The third-order valence-corrected chi connectivity index (χ3v) is 4.87. The molecule has 3 nitrogen and oxygen atoms in total. The van der Waals surface area contributed by atoms with Gasteiger partial charge >= 0.3 is 0 Å². The molecule has 0 radical (unpaired) electrons. The third-order valence-electron chi connectivity index (χ3n) is 3.30. The zero-order chi connectivity index (χ0) is 14.5. The zero-order valence-corrected chi connectivity index (χ0v) is 13.5. The number of carbonyl (C=O) groups is 1. The molecule has 0 saturated carbocycles. The van der Waals surface area contributed by atoms with Crippen LogP contribution in [0.5, 0.6) is 0 Å². The van der Waals surface area contributed by atoms with Crippen molar-refractivity contribution >= 4 is 39.9 Å². The highest BCUT2D eigenvalue weighted by Gasteiger charge is 2.21. The monoisotopic (exact) mass is 308 g/mol. The summed E-state index contributed by atoms with van der Waals surface area (Å²) in [6, 6.07) is 7.82. The van der Waals surface area contributed by atoms with E-state index in [1.807, 2.05) is 38.1 Å². The molecule has 1 amide bonds. The predicted octanol–water partition coefficient (Wildman–Crippen LogP) is 3.44. The SMILES string of the molecule is Cc1cccc(NC(=O)[C@H](C)SC(=S)N2CCCC2)c1. The second-order valence-electron chi connectivity index (χ2n) is 5.08. The number of carbonyl (C=O) groups excluding carboxylic acids is 1. The highest BCUT2D eigenvalue weighted by Crippen LogP contribution is 2.21. The van der Waals surface area contributed by atoms with Crippen molar-refractivity contribution in [1.29, 1.82) is 0 Å². The van der Waals surface area contributed by atoms with Crippen LogP contribution in [0, 0.1) is 6.92 Å². The number of rotatable bonds is 3. The molecule has 0 bridgehead atoms. The van der Waals surface area contributed by atoms with E-state index in [4.69, 9.17) is 12.2 Å². The fourth-order valence-corrected chi connectivity index (χ4v) is 3.56. The number of benzene rings is 1. The van der Waals surface area contributed by atoms with Crippen molar-refractivity contribution in [3.8, 4) is 0 Å². The van der Waals surface area contributed by atoms with Gasteiger partial charge in [-0.15, -0.1) is 0 Å². The molecular formula is C15H20N2OS2. The number of hydrogen-bond acceptors (Lipinski definition) is 3. The van der Waals surface area contributed by atoms with E-state index in [2.05, 4.69) is 10.2 Å². The van der Waals surface area contributed by atoms with Crippen molar-refractivity contribution in [2.24, 2.45) is 0 Å². The maximum Gasteiger partial charge on any atom is 0.237 e. The molecule has 2 rings (SSSR count). The van der Waals surface area contributed by atoms with Gasteiger partial charge in [-0.25, -0.2) is 0 Å². The maximum atomic E-state index is 12.2. The Morgan fingerprint density at radius 3 is 2.75 bits per heavy atom. The van der Waals surface area contributed by atoms with Gasteiger partial charge in [-0.05, 0) is 44.4 Å². The normalized spacial score (nSPS) is 16.0. The van der Waals surface area contributed by atoms with Gasteiger partial charge in [-0.1, -0.05) is 36.1 Å². The van der Waals surface area contributed by atoms with E-state index >= 15 is 0 Å². The fraction of sp³-hybridized carbons (Fsp3) is 0.467. The van der Waals surface area contributed by atoms with Crippen molar-refractivity contribution < 1.29 is 4.79 Å². The smallest absolute Gasteiger partial charge is 0.237 e. The zero-order valence-electron chi connectivity index (χ0n) is 11.9. The second-order valence-corrected chi connectivity index (χ2v) is 7.05. The lowest BCUT2D eigenvalue weighted by atomic mass is 10.2. The number of thioether (sulfide) groups is 1. The van der Waals surface area contributed by atoms with Crippen LogP contribution >= 0.6 is 24.0 Å². The molecule has 0 aromatic heterocycles. The minimum absolute atomic E-state index is 0.00199. The van der Waals surface area contributed by atoms with Crippen LogP contribution in [0.25, 0.3) is 0 Å². The summed E-state index contributed by atoms with van der Waals surface area (Å²) in [5, 5.41) is 2.76. The Balaban J connectivity index is 1.86. The first-order valence-corrected chi connectivity index (χ1v) is 8.18. The highest BCUT2D eigenvalue weighted by molar-refractivity contribution is 8.23. The standard InChI is InChI=1S/C15H20N2OS2/c1-11-6-5-7-13(10-11)16-14(18)12(2)20-15(19)17-8-3-4-9-17/h5-7,10,12H,3-4,8-9H2,1-2H3,(H,16,18)/t12-/m0/s1. The molecular weight excluding hydrogens is 288 g/mol. The van der Waals surface area contributed by atoms with Crippen LogP contribution in [0.2, 0.25) is 0 Å². The molecule has 0 aliphatic carbocycles. The van der Waals surface area contributed by atoms with E-state index in [9.17, 15) is 4.79 Å². The molecule has 1 aliphatic heterocycles. The Morgan fingerprint density at radius 1 is 1.40 bits per heavy atom. The molecule has 1 fully saturated rings. The van der Waals surface area contributed by atoms with E-state index in [-0.39, 0.29) is 11.2 Å². The average molecular weight is 308 g/mol. The Labute approximate surface area is 130 Å². The third kappa shape index (κ3) is 4.21. The predicted molar refractivity (Wildman–Crippen MR) is 90.3 cm³/mol. The minimum atomic E-state index is -0.177. The molecule has 0 spiro atoms. The van der Waals surface area contributed by atoms with Crippen LogP contribution in [0.1, 0.15) is 25.3 Å². The van der Waals surface area contributed by atoms with Gasteiger partial charge in [0.05, 0.1) is 5.25 Å². The number of hydrogen-bond donors (Lipinski definition) is 1. The highest BCUT2D eigenvalue weighted by atomic mass is 32.2. The van der Waals surface area contributed by atoms with Gasteiger partial charge in [-0.3, -0.25) is 4.79 Å². The minimum Gasteiger partial charge on any atom is -0.358 e. The van der Waals surface area contributed by atoms with E-state index in [0.717, 1.165) is 28.7 Å². The first-order valence-electron chi connectivity index (χ1n) is 6.89. The molecule has 108 valence electrons. The van der Waals surface area contributed by atoms with E-state index in [0.29, 0.717) is 0 Å². The van der Waals surface area contributed by atoms with Crippen LogP contribution < -0.4 is 5.32 Å². The number of aryl methyl sites for hydroxylation is 1. The van der Waals surface area contributed by atoms with Gasteiger partial charge in [0, 0.05) is 18.8 Å². The molecule has 1 atom stereocenters. The Morgan fingerprint density at radius 2 is 2.10 bits per heavy atom. The summed E-state index contributed by atoms with van der Waals surface area (Å²) in [4.78, 5) is 14.4. The number of thiocarbonyl (C=S) groups is 1. The van der Waals surface area contributed by atoms with E-state index in [1.165, 1.54) is 24.6 Å². The quantitative estimate of drug-likeness (QED) is 0.867. The van der Waals surface area contributed by atoms with Crippen molar-refractivity contribution in [2.75, 3.05) is 18.4 Å². The number of amides is 1. The fourth-order valence-electron chi connectivity index (χ4n) is 2.15. The second kappa shape index (κ2) is 7.09. The topological polar surface area (TPSA) is 32.3 Å². The van der Waals surface area contributed by atoms with Crippen LogP contribution in [-0.4, -0.2) is 33.5 Å². The average Bonchev–Trinajstić information content (AvgIpc) is 2.92. The van der Waals surface area contributed by atoms with Crippen molar-refractivity contribution in [2.45, 2.75) is 31.9 Å². The lowest BCUT2D eigenvalue weighted by molar-refractivity contribution is -0.115. The molecule has 20 heavy (non-hydrogen) atoms. The Hall–Kier alpha value is -1.07. The van der Waals surface area contributed by atoms with Crippen molar-refractivity contribution in [1.82, 2.24) is 4.90 Å². The number of likely N-dealkylation sites (tertiary alicyclic amines) is 1. The van der Waals surface area contributed by atoms with Crippen molar-refractivity contribution in [3.63, 3.8) is 0 Å². The number of nitrogens with one attached hydrogen (secondary N) is 1. The van der Waals surface area contributed by atoms with Crippen LogP contribution in [0.3, 0.4) is 0 Å². The van der Waals surface area contributed by atoms with Gasteiger partial charge in [0.25, 0.3) is 0 Å². The lowest BCUT2D eigenvalue weighted by Crippen LogP contribution is -2.29. The van der Waals surface area contributed by atoms with Crippen LogP contribution in [0.4, 0.5) is 5.69 Å². The molecule has 1 heterocycles.